The van der Waals surface area contributed by atoms with Crippen LogP contribution in [0.25, 0.3) is 10.2 Å². The molecule has 1 amide bonds. The van der Waals surface area contributed by atoms with E-state index >= 15 is 0 Å². The average molecular weight is 484 g/mol. The Labute approximate surface area is 199 Å². The van der Waals surface area contributed by atoms with E-state index in [0.29, 0.717) is 18.0 Å². The molecule has 8 heteroatoms. The van der Waals surface area contributed by atoms with E-state index in [1.807, 2.05) is 23.1 Å². The monoisotopic (exact) mass is 483 g/mol. The zero-order chi connectivity index (χ0) is 22.8. The van der Waals surface area contributed by atoms with Crippen LogP contribution >= 0.6 is 11.3 Å². The molecular formula is C25H29N3O3S2. The lowest BCUT2D eigenvalue weighted by Gasteiger charge is -2.34. The topological polar surface area (TPSA) is 70.6 Å². The van der Waals surface area contributed by atoms with Crippen molar-refractivity contribution in [2.24, 2.45) is 0 Å². The molecule has 0 spiro atoms. The van der Waals surface area contributed by atoms with E-state index < -0.39 is 10.0 Å². The van der Waals surface area contributed by atoms with Crippen molar-refractivity contribution in [3.8, 4) is 0 Å². The van der Waals surface area contributed by atoms with Crippen molar-refractivity contribution >= 4 is 37.5 Å². The standard InChI is InChI=1S/C25H29N3O3S2/c29-24(18-19-11-13-20(14-12-19)33(30,31)27-15-5-1-6-16-27)28-17-7-4-9-22(28)25-26-21-8-2-3-10-23(21)32-25/h2-3,8,10-14,22H,1,4-7,9,15-18H2. The molecule has 2 saturated heterocycles. The molecule has 0 N–H and O–H groups in total. The van der Waals surface area contributed by atoms with Crippen LogP contribution in [0.15, 0.2) is 53.4 Å². The van der Waals surface area contributed by atoms with Crippen LogP contribution in [0.3, 0.4) is 0 Å². The Morgan fingerprint density at radius 2 is 1.67 bits per heavy atom. The number of nitrogens with zero attached hydrogens (tertiary/aromatic N) is 3. The summed E-state index contributed by atoms with van der Waals surface area (Å²) in [6.45, 7) is 1.91. The summed E-state index contributed by atoms with van der Waals surface area (Å²) >= 11 is 1.67. The highest BCUT2D eigenvalue weighted by molar-refractivity contribution is 7.89. The van der Waals surface area contributed by atoms with Crippen molar-refractivity contribution in [1.82, 2.24) is 14.2 Å². The van der Waals surface area contributed by atoms with E-state index in [2.05, 4.69) is 6.07 Å². The first-order valence-electron chi connectivity index (χ1n) is 11.8. The van der Waals surface area contributed by atoms with Crippen LogP contribution in [0.1, 0.15) is 55.1 Å². The SMILES string of the molecule is O=C(Cc1ccc(S(=O)(=O)N2CCCCC2)cc1)N1CCCCC1c1nc2ccccc2s1. The van der Waals surface area contributed by atoms with Gasteiger partial charge in [0.25, 0.3) is 0 Å². The molecule has 1 unspecified atom stereocenters. The number of sulfonamides is 1. The predicted molar refractivity (Wildman–Crippen MR) is 131 cm³/mol. The zero-order valence-electron chi connectivity index (χ0n) is 18.7. The molecule has 3 aromatic rings. The van der Waals surface area contributed by atoms with Crippen LogP contribution in [-0.2, 0) is 21.2 Å². The Hall–Kier alpha value is -2.29. The molecule has 2 fully saturated rings. The van der Waals surface area contributed by atoms with Gasteiger partial charge in [0.05, 0.1) is 27.6 Å². The third kappa shape index (κ3) is 4.69. The number of carbonyl (C=O) groups excluding carboxylic acids is 1. The molecule has 33 heavy (non-hydrogen) atoms. The van der Waals surface area contributed by atoms with Gasteiger partial charge in [-0.1, -0.05) is 30.7 Å². The van der Waals surface area contributed by atoms with E-state index in [4.69, 9.17) is 4.98 Å². The summed E-state index contributed by atoms with van der Waals surface area (Å²) in [6, 6.07) is 15.0. The summed E-state index contributed by atoms with van der Waals surface area (Å²) in [6.07, 6.45) is 6.20. The molecule has 0 radical (unpaired) electrons. The fourth-order valence-electron chi connectivity index (χ4n) is 4.83. The lowest BCUT2D eigenvalue weighted by molar-refractivity contribution is -0.134. The number of likely N-dealkylation sites (tertiary alicyclic amines) is 1. The molecule has 2 aliphatic heterocycles. The summed E-state index contributed by atoms with van der Waals surface area (Å²) in [7, 11) is -3.45. The largest absolute Gasteiger partial charge is 0.333 e. The van der Waals surface area contributed by atoms with Crippen molar-refractivity contribution in [3.05, 3.63) is 59.1 Å². The number of hydrogen-bond acceptors (Lipinski definition) is 5. The fraction of sp³-hybridized carbons (Fsp3) is 0.440. The van der Waals surface area contributed by atoms with Gasteiger partial charge in [-0.25, -0.2) is 13.4 Å². The number of piperidine rings is 2. The second-order valence-corrected chi connectivity index (χ2v) is 11.9. The van der Waals surface area contributed by atoms with E-state index in [9.17, 15) is 13.2 Å². The van der Waals surface area contributed by atoms with Gasteiger partial charge in [0.2, 0.25) is 15.9 Å². The van der Waals surface area contributed by atoms with E-state index in [1.165, 1.54) is 0 Å². The third-order valence-electron chi connectivity index (χ3n) is 6.65. The molecule has 0 bridgehead atoms. The normalized spacial score (nSPS) is 20.2. The number of fused-ring (bicyclic) bond motifs is 1. The number of para-hydroxylation sites is 1. The molecule has 3 heterocycles. The summed E-state index contributed by atoms with van der Waals surface area (Å²) in [4.78, 5) is 20.4. The molecule has 0 aliphatic carbocycles. The zero-order valence-corrected chi connectivity index (χ0v) is 20.3. The Morgan fingerprint density at radius 1 is 0.939 bits per heavy atom. The van der Waals surface area contributed by atoms with Gasteiger partial charge in [0.1, 0.15) is 5.01 Å². The maximum absolute atomic E-state index is 13.3. The van der Waals surface area contributed by atoms with Crippen LogP contribution in [0.4, 0.5) is 0 Å². The van der Waals surface area contributed by atoms with Crippen molar-refractivity contribution < 1.29 is 13.2 Å². The van der Waals surface area contributed by atoms with Gasteiger partial charge in [0.15, 0.2) is 0 Å². The number of aromatic nitrogens is 1. The van der Waals surface area contributed by atoms with Crippen LogP contribution < -0.4 is 0 Å². The minimum Gasteiger partial charge on any atom is -0.333 e. The average Bonchev–Trinajstić information content (AvgIpc) is 3.29. The second-order valence-electron chi connectivity index (χ2n) is 8.90. The van der Waals surface area contributed by atoms with Gasteiger partial charge in [-0.2, -0.15) is 4.31 Å². The molecule has 1 aromatic heterocycles. The fourth-order valence-corrected chi connectivity index (χ4v) is 7.46. The van der Waals surface area contributed by atoms with Crippen molar-refractivity contribution in [3.63, 3.8) is 0 Å². The van der Waals surface area contributed by atoms with E-state index in [-0.39, 0.29) is 18.4 Å². The van der Waals surface area contributed by atoms with Gasteiger partial charge >= 0.3 is 0 Å². The maximum Gasteiger partial charge on any atom is 0.243 e. The minimum absolute atomic E-state index is 0.0161. The predicted octanol–water partition coefficient (Wildman–Crippen LogP) is 4.77. The first-order valence-corrected chi connectivity index (χ1v) is 14.0. The van der Waals surface area contributed by atoms with Gasteiger partial charge in [-0.3, -0.25) is 4.79 Å². The number of rotatable bonds is 5. The number of hydrogen-bond donors (Lipinski definition) is 0. The Bertz CT molecular complexity index is 1200. The van der Waals surface area contributed by atoms with E-state index in [1.54, 1.807) is 39.9 Å². The van der Waals surface area contributed by atoms with Gasteiger partial charge in [0, 0.05) is 19.6 Å². The molecule has 5 rings (SSSR count). The lowest BCUT2D eigenvalue weighted by atomic mass is 10.0. The number of benzene rings is 2. The van der Waals surface area contributed by atoms with Crippen molar-refractivity contribution in [1.29, 1.82) is 0 Å². The molecule has 174 valence electrons. The van der Waals surface area contributed by atoms with Crippen LogP contribution in [-0.4, -0.2) is 48.1 Å². The van der Waals surface area contributed by atoms with Gasteiger partial charge < -0.3 is 4.90 Å². The Balaban J connectivity index is 1.30. The summed E-state index contributed by atoms with van der Waals surface area (Å²) < 4.78 is 28.5. The maximum atomic E-state index is 13.3. The van der Waals surface area contributed by atoms with Gasteiger partial charge in [-0.15, -0.1) is 11.3 Å². The first-order chi connectivity index (χ1) is 16.0. The highest BCUT2D eigenvalue weighted by atomic mass is 32.2. The lowest BCUT2D eigenvalue weighted by Crippen LogP contribution is -2.39. The van der Waals surface area contributed by atoms with E-state index in [0.717, 1.165) is 65.9 Å². The molecule has 0 saturated carbocycles. The summed E-state index contributed by atoms with van der Waals surface area (Å²) in [5.41, 5.74) is 1.83. The van der Waals surface area contributed by atoms with Crippen LogP contribution in [0.5, 0.6) is 0 Å². The Morgan fingerprint density at radius 3 is 2.42 bits per heavy atom. The van der Waals surface area contributed by atoms with Crippen LogP contribution in [0.2, 0.25) is 0 Å². The third-order valence-corrected chi connectivity index (χ3v) is 9.70. The molecule has 1 atom stereocenters. The second kappa shape index (κ2) is 9.52. The quantitative estimate of drug-likeness (QED) is 0.524. The highest BCUT2D eigenvalue weighted by Gasteiger charge is 2.30. The first kappa shape index (κ1) is 22.5. The number of carbonyl (C=O) groups is 1. The summed E-state index contributed by atoms with van der Waals surface area (Å²) in [5, 5.41) is 1.01. The number of thiazole rings is 1. The molecule has 6 nitrogen and oxygen atoms in total. The van der Waals surface area contributed by atoms with Gasteiger partial charge in [-0.05, 0) is 61.9 Å². The Kier molecular flexibility index (Phi) is 6.49. The molecular weight excluding hydrogens is 454 g/mol. The molecule has 2 aromatic carbocycles. The van der Waals surface area contributed by atoms with Crippen molar-refractivity contribution in [2.75, 3.05) is 19.6 Å². The highest BCUT2D eigenvalue weighted by Crippen LogP contribution is 2.36. The number of amides is 1. The smallest absolute Gasteiger partial charge is 0.243 e. The van der Waals surface area contributed by atoms with Crippen molar-refractivity contribution in [2.45, 2.75) is 55.9 Å². The molecule has 2 aliphatic rings. The van der Waals surface area contributed by atoms with Crippen LogP contribution in [0, 0.1) is 0 Å². The summed E-state index contributed by atoms with van der Waals surface area (Å²) in [5.74, 6) is 0.0746. The minimum atomic E-state index is -3.45.